The van der Waals surface area contributed by atoms with Gasteiger partial charge in [-0.15, -0.1) is 0 Å². The molecular formula is C14H19N3O3S2. The van der Waals surface area contributed by atoms with E-state index in [4.69, 9.17) is 12.2 Å². The third-order valence-corrected chi connectivity index (χ3v) is 4.57. The Morgan fingerprint density at radius 2 is 2.09 bits per heavy atom. The number of hydrogen-bond acceptors (Lipinski definition) is 5. The normalized spacial score (nSPS) is 11.6. The molecule has 1 rings (SSSR count). The van der Waals surface area contributed by atoms with Crippen LogP contribution in [0.5, 0.6) is 0 Å². The number of carbonyl (C=O) groups excluding carboxylic acids is 1. The van der Waals surface area contributed by atoms with Crippen LogP contribution in [0.2, 0.25) is 0 Å². The molecule has 0 spiro atoms. The first kappa shape index (κ1) is 18.4. The van der Waals surface area contributed by atoms with Gasteiger partial charge in [0.25, 0.3) is 5.69 Å². The molecule has 0 saturated heterocycles. The zero-order valence-corrected chi connectivity index (χ0v) is 14.4. The summed E-state index contributed by atoms with van der Waals surface area (Å²) in [5.41, 5.74) is 0.345. The van der Waals surface area contributed by atoms with E-state index in [-0.39, 0.29) is 16.8 Å². The van der Waals surface area contributed by atoms with Crippen molar-refractivity contribution in [2.45, 2.75) is 26.0 Å². The van der Waals surface area contributed by atoms with E-state index in [1.165, 1.54) is 30.0 Å². The molecule has 22 heavy (non-hydrogen) atoms. The summed E-state index contributed by atoms with van der Waals surface area (Å²) in [7, 11) is 0. The molecule has 1 unspecified atom stereocenters. The molecule has 1 aromatic carbocycles. The smallest absolute Gasteiger partial charge is 0.271 e. The molecule has 6 nitrogen and oxygen atoms in total. The van der Waals surface area contributed by atoms with Crippen LogP contribution in [0.15, 0.2) is 24.3 Å². The predicted molar refractivity (Wildman–Crippen MR) is 94.3 cm³/mol. The molecule has 1 aromatic rings. The number of nitro groups is 1. The van der Waals surface area contributed by atoms with E-state index in [0.717, 1.165) is 13.1 Å². The fraction of sp³-hybridized carbons (Fsp3) is 0.429. The number of rotatable bonds is 6. The van der Waals surface area contributed by atoms with Gasteiger partial charge in [-0.3, -0.25) is 14.9 Å². The Labute approximate surface area is 139 Å². The van der Waals surface area contributed by atoms with Crippen molar-refractivity contribution in [2.75, 3.05) is 18.4 Å². The predicted octanol–water partition coefficient (Wildman–Crippen LogP) is 3.28. The molecule has 8 heteroatoms. The highest BCUT2D eigenvalue weighted by atomic mass is 32.2. The molecule has 0 radical (unpaired) electrons. The quantitative estimate of drug-likeness (QED) is 0.486. The van der Waals surface area contributed by atoms with Crippen molar-refractivity contribution in [3.05, 3.63) is 34.4 Å². The summed E-state index contributed by atoms with van der Waals surface area (Å²) < 4.78 is 0.673. The summed E-state index contributed by atoms with van der Waals surface area (Å²) in [5.74, 6) is -0.236. The lowest BCUT2D eigenvalue weighted by molar-refractivity contribution is -0.384. The zero-order valence-electron chi connectivity index (χ0n) is 12.7. The van der Waals surface area contributed by atoms with E-state index in [9.17, 15) is 14.9 Å². The third kappa shape index (κ3) is 5.27. The van der Waals surface area contributed by atoms with Crippen molar-refractivity contribution < 1.29 is 9.72 Å². The van der Waals surface area contributed by atoms with Crippen molar-refractivity contribution in [1.29, 1.82) is 0 Å². The van der Waals surface area contributed by atoms with E-state index in [0.29, 0.717) is 10.0 Å². The fourth-order valence-electron chi connectivity index (χ4n) is 1.70. The molecule has 0 fully saturated rings. The highest BCUT2D eigenvalue weighted by molar-refractivity contribution is 8.23. The first-order valence-electron chi connectivity index (χ1n) is 6.89. The summed E-state index contributed by atoms with van der Waals surface area (Å²) in [6.45, 7) is 7.35. The monoisotopic (exact) mass is 341 g/mol. The Balaban J connectivity index is 2.66. The second kappa shape index (κ2) is 8.70. The van der Waals surface area contributed by atoms with Gasteiger partial charge in [0.05, 0.1) is 10.2 Å². The van der Waals surface area contributed by atoms with E-state index in [1.807, 2.05) is 18.7 Å². The topological polar surface area (TPSA) is 75.5 Å². The SMILES string of the molecule is CCN(CC)C(=S)SC(C)C(=O)Nc1cccc([N+](=O)[O-])c1. The molecule has 0 saturated carbocycles. The van der Waals surface area contributed by atoms with Crippen molar-refractivity contribution >= 4 is 45.6 Å². The van der Waals surface area contributed by atoms with Crippen LogP contribution in [0.1, 0.15) is 20.8 Å². The maximum Gasteiger partial charge on any atom is 0.271 e. The summed E-state index contributed by atoms with van der Waals surface area (Å²) in [6, 6.07) is 5.86. The minimum Gasteiger partial charge on any atom is -0.358 e. The number of carbonyl (C=O) groups is 1. The van der Waals surface area contributed by atoms with Crippen LogP contribution in [-0.2, 0) is 4.79 Å². The van der Waals surface area contributed by atoms with Crippen LogP contribution < -0.4 is 5.32 Å². The summed E-state index contributed by atoms with van der Waals surface area (Å²) in [5, 5.41) is 13.0. The molecule has 0 aliphatic rings. The van der Waals surface area contributed by atoms with Gasteiger partial charge in [-0.25, -0.2) is 0 Å². The van der Waals surface area contributed by atoms with Gasteiger partial charge in [0, 0.05) is 30.9 Å². The number of hydrogen-bond donors (Lipinski definition) is 1. The Hall–Kier alpha value is -1.67. The first-order chi connectivity index (χ1) is 10.4. The Kier molecular flexibility index (Phi) is 7.26. The van der Waals surface area contributed by atoms with Gasteiger partial charge in [-0.2, -0.15) is 0 Å². The molecule has 0 bridgehead atoms. The van der Waals surface area contributed by atoms with Crippen LogP contribution in [-0.4, -0.2) is 38.4 Å². The molecular weight excluding hydrogens is 322 g/mol. The molecule has 1 atom stereocenters. The number of nitrogens with zero attached hydrogens (tertiary/aromatic N) is 2. The molecule has 0 aliphatic heterocycles. The summed E-state index contributed by atoms with van der Waals surface area (Å²) in [6.07, 6.45) is 0. The molecule has 0 aliphatic carbocycles. The lowest BCUT2D eigenvalue weighted by Crippen LogP contribution is -2.31. The van der Waals surface area contributed by atoms with E-state index >= 15 is 0 Å². The average Bonchev–Trinajstić information content (AvgIpc) is 2.48. The standard InChI is InChI=1S/C14H19N3O3S2/c1-4-16(5-2)14(21)22-10(3)13(18)15-11-7-6-8-12(9-11)17(19)20/h6-10H,4-5H2,1-3H3,(H,15,18). The largest absolute Gasteiger partial charge is 0.358 e. The van der Waals surface area contributed by atoms with Gasteiger partial charge < -0.3 is 10.2 Å². The third-order valence-electron chi connectivity index (χ3n) is 2.99. The van der Waals surface area contributed by atoms with Crippen LogP contribution >= 0.6 is 24.0 Å². The highest BCUT2D eigenvalue weighted by Crippen LogP contribution is 2.20. The van der Waals surface area contributed by atoms with Crippen LogP contribution in [0.3, 0.4) is 0 Å². The van der Waals surface area contributed by atoms with Crippen molar-refractivity contribution in [1.82, 2.24) is 4.90 Å². The van der Waals surface area contributed by atoms with Crippen LogP contribution in [0, 0.1) is 10.1 Å². The molecule has 1 N–H and O–H groups in total. The number of benzene rings is 1. The Morgan fingerprint density at radius 3 is 2.64 bits per heavy atom. The molecule has 0 heterocycles. The van der Waals surface area contributed by atoms with Crippen LogP contribution in [0.25, 0.3) is 0 Å². The van der Waals surface area contributed by atoms with Gasteiger partial charge in [0.15, 0.2) is 0 Å². The Morgan fingerprint density at radius 1 is 1.45 bits per heavy atom. The van der Waals surface area contributed by atoms with Gasteiger partial charge in [-0.1, -0.05) is 30.0 Å². The number of amides is 1. The summed E-state index contributed by atoms with van der Waals surface area (Å²) in [4.78, 5) is 24.4. The van der Waals surface area contributed by atoms with Crippen molar-refractivity contribution in [2.24, 2.45) is 0 Å². The molecule has 120 valence electrons. The van der Waals surface area contributed by atoms with Crippen molar-refractivity contribution in [3.63, 3.8) is 0 Å². The maximum absolute atomic E-state index is 12.1. The van der Waals surface area contributed by atoms with Gasteiger partial charge in [-0.05, 0) is 26.8 Å². The average molecular weight is 341 g/mol. The number of thiocarbonyl (C=S) groups is 1. The number of non-ortho nitro benzene ring substituents is 1. The molecule has 0 aromatic heterocycles. The Bertz CT molecular complexity index is 562. The van der Waals surface area contributed by atoms with Gasteiger partial charge >= 0.3 is 0 Å². The fourth-order valence-corrected chi connectivity index (χ4v) is 3.27. The second-order valence-electron chi connectivity index (χ2n) is 4.49. The van der Waals surface area contributed by atoms with Crippen molar-refractivity contribution in [3.8, 4) is 0 Å². The van der Waals surface area contributed by atoms with Gasteiger partial charge in [0.1, 0.15) is 4.32 Å². The number of thioether (sulfide) groups is 1. The van der Waals surface area contributed by atoms with E-state index < -0.39 is 4.92 Å². The van der Waals surface area contributed by atoms with Gasteiger partial charge in [0.2, 0.25) is 5.91 Å². The number of anilines is 1. The summed E-state index contributed by atoms with van der Waals surface area (Å²) >= 11 is 6.61. The van der Waals surface area contributed by atoms with Crippen LogP contribution in [0.4, 0.5) is 11.4 Å². The zero-order chi connectivity index (χ0) is 16.7. The minimum atomic E-state index is -0.497. The maximum atomic E-state index is 12.1. The van der Waals surface area contributed by atoms with E-state index in [1.54, 1.807) is 13.0 Å². The lowest BCUT2D eigenvalue weighted by atomic mass is 10.2. The lowest BCUT2D eigenvalue weighted by Gasteiger charge is -2.22. The van der Waals surface area contributed by atoms with E-state index in [2.05, 4.69) is 5.32 Å². The second-order valence-corrected chi connectivity index (χ2v) is 6.47. The highest BCUT2D eigenvalue weighted by Gasteiger charge is 2.19. The number of nitro benzene ring substituents is 1. The minimum absolute atomic E-state index is 0.0585. The number of nitrogens with one attached hydrogen (secondary N) is 1. The first-order valence-corrected chi connectivity index (χ1v) is 8.18. The molecule has 1 amide bonds.